The molecular formula is C29H32ClN3O2. The van der Waals surface area contributed by atoms with Gasteiger partial charge >= 0.3 is 0 Å². The van der Waals surface area contributed by atoms with Crippen LogP contribution >= 0.6 is 12.4 Å². The monoisotopic (exact) mass is 489 g/mol. The molecular weight excluding hydrogens is 458 g/mol. The number of unbranched alkanes of at least 4 members (excludes halogenated alkanes) is 1. The van der Waals surface area contributed by atoms with Crippen molar-refractivity contribution < 1.29 is 9.53 Å². The lowest BCUT2D eigenvalue weighted by molar-refractivity contribution is 0.0953. The van der Waals surface area contributed by atoms with Gasteiger partial charge in [0.2, 0.25) is 0 Å². The van der Waals surface area contributed by atoms with E-state index in [9.17, 15) is 4.79 Å². The van der Waals surface area contributed by atoms with Crippen LogP contribution in [-0.4, -0.2) is 44.2 Å². The first-order valence-corrected chi connectivity index (χ1v) is 12.5. The Morgan fingerprint density at radius 3 is 2.77 bits per heavy atom. The lowest BCUT2D eigenvalue weighted by Gasteiger charge is -2.45. The third kappa shape index (κ3) is 4.75. The predicted molar refractivity (Wildman–Crippen MR) is 143 cm³/mol. The molecule has 1 fully saturated rings. The Morgan fingerprint density at radius 2 is 1.83 bits per heavy atom. The van der Waals surface area contributed by atoms with Gasteiger partial charge in [-0.15, -0.1) is 12.4 Å². The summed E-state index contributed by atoms with van der Waals surface area (Å²) in [6.45, 7) is 3.43. The van der Waals surface area contributed by atoms with Gasteiger partial charge in [-0.2, -0.15) is 0 Å². The average Bonchev–Trinajstić information content (AvgIpc) is 3.26. The maximum Gasteiger partial charge on any atom is 0.251 e. The zero-order chi connectivity index (χ0) is 22.9. The number of ether oxygens (including phenoxy) is 1. The van der Waals surface area contributed by atoms with E-state index < -0.39 is 0 Å². The van der Waals surface area contributed by atoms with Crippen molar-refractivity contribution in [2.24, 2.45) is 0 Å². The van der Waals surface area contributed by atoms with E-state index in [0.29, 0.717) is 18.6 Å². The second-order valence-electron chi connectivity index (χ2n) is 9.65. The summed E-state index contributed by atoms with van der Waals surface area (Å²) in [6.07, 6.45) is 4.10. The Kier molecular flexibility index (Phi) is 6.98. The second-order valence-corrected chi connectivity index (χ2v) is 9.65. The summed E-state index contributed by atoms with van der Waals surface area (Å²) < 4.78 is 5.92. The van der Waals surface area contributed by atoms with Gasteiger partial charge < -0.3 is 20.3 Å². The lowest BCUT2D eigenvalue weighted by Crippen LogP contribution is -2.60. The minimum Gasteiger partial charge on any atom is -0.489 e. The number of nitrogens with zero attached hydrogens (tertiary/aromatic N) is 1. The van der Waals surface area contributed by atoms with Gasteiger partial charge in [0, 0.05) is 31.2 Å². The Hall–Kier alpha value is -3.02. The van der Waals surface area contributed by atoms with Crippen LogP contribution in [0.4, 0.5) is 5.69 Å². The molecule has 2 heterocycles. The van der Waals surface area contributed by atoms with Crippen LogP contribution in [0, 0.1) is 0 Å². The highest BCUT2D eigenvalue weighted by atomic mass is 35.5. The molecule has 0 radical (unpaired) electrons. The van der Waals surface area contributed by atoms with E-state index in [4.69, 9.17) is 4.74 Å². The second kappa shape index (κ2) is 10.3. The summed E-state index contributed by atoms with van der Waals surface area (Å²) >= 11 is 0. The zero-order valence-electron chi connectivity index (χ0n) is 19.8. The van der Waals surface area contributed by atoms with E-state index in [1.807, 2.05) is 12.1 Å². The Morgan fingerprint density at radius 1 is 1.00 bits per heavy atom. The molecule has 3 aliphatic rings. The molecule has 2 aliphatic heterocycles. The summed E-state index contributed by atoms with van der Waals surface area (Å²) in [5.41, 5.74) is 7.14. The van der Waals surface area contributed by atoms with Gasteiger partial charge in [0.1, 0.15) is 12.4 Å². The van der Waals surface area contributed by atoms with Crippen LogP contribution in [0.15, 0.2) is 66.7 Å². The quantitative estimate of drug-likeness (QED) is 0.381. The molecule has 0 saturated carbocycles. The third-order valence-corrected chi connectivity index (χ3v) is 7.43. The maximum absolute atomic E-state index is 12.7. The molecule has 0 aromatic heterocycles. The van der Waals surface area contributed by atoms with Gasteiger partial charge in [-0.1, -0.05) is 48.9 Å². The minimum absolute atomic E-state index is 0. The van der Waals surface area contributed by atoms with E-state index in [1.54, 1.807) is 0 Å². The molecule has 182 valence electrons. The molecule has 1 aliphatic carbocycles. The number of fused-ring (bicyclic) bond motifs is 6. The topological polar surface area (TPSA) is 53.6 Å². The summed E-state index contributed by atoms with van der Waals surface area (Å²) in [7, 11) is 0. The van der Waals surface area contributed by atoms with Crippen molar-refractivity contribution in [1.29, 1.82) is 0 Å². The molecule has 3 aromatic carbocycles. The van der Waals surface area contributed by atoms with Gasteiger partial charge in [-0.3, -0.25) is 4.79 Å². The smallest absolute Gasteiger partial charge is 0.251 e. The number of amides is 1. The van der Waals surface area contributed by atoms with E-state index in [-0.39, 0.29) is 18.3 Å². The molecule has 6 heteroatoms. The van der Waals surface area contributed by atoms with E-state index in [0.717, 1.165) is 56.7 Å². The molecule has 0 spiro atoms. The minimum atomic E-state index is 0. The summed E-state index contributed by atoms with van der Waals surface area (Å²) in [5.74, 6) is 1.03. The van der Waals surface area contributed by atoms with E-state index in [2.05, 4.69) is 70.1 Å². The van der Waals surface area contributed by atoms with Crippen LogP contribution in [-0.2, 0) is 6.42 Å². The number of nitrogens with one attached hydrogen (secondary N) is 2. The fourth-order valence-corrected chi connectivity index (χ4v) is 5.61. The van der Waals surface area contributed by atoms with Gasteiger partial charge in [0.15, 0.2) is 0 Å². The number of halogens is 1. The number of hydrogen-bond acceptors (Lipinski definition) is 4. The van der Waals surface area contributed by atoms with Crippen molar-refractivity contribution in [1.82, 2.24) is 10.6 Å². The Bertz CT molecular complexity index is 1210. The van der Waals surface area contributed by atoms with Crippen LogP contribution < -0.4 is 20.3 Å². The van der Waals surface area contributed by atoms with Crippen LogP contribution in [0.1, 0.15) is 40.7 Å². The van der Waals surface area contributed by atoms with Gasteiger partial charge in [-0.05, 0) is 65.8 Å². The number of para-hydroxylation sites is 2. The standard InChI is InChI=1S/C29H31N3O2.ClH/c33-29(21-12-13-26-22(16-21)15-20-7-1-2-9-25(20)26)30-14-6-5-8-23-18-32-24(17-31-23)19-34-28-11-4-3-10-27(28)32;/h1-4,7,9-13,16,23-24,31H,5-6,8,14-15,17-19H2,(H,30,33);1H. The first-order chi connectivity index (χ1) is 16.8. The van der Waals surface area contributed by atoms with Crippen LogP contribution in [0.5, 0.6) is 5.75 Å². The van der Waals surface area contributed by atoms with Crippen molar-refractivity contribution in [2.45, 2.75) is 37.8 Å². The fourth-order valence-electron chi connectivity index (χ4n) is 5.61. The number of carbonyl (C=O) groups is 1. The average molecular weight is 490 g/mol. The molecule has 1 saturated heterocycles. The normalized spacial score (nSPS) is 19.4. The Balaban J connectivity index is 0.00000253. The molecule has 35 heavy (non-hydrogen) atoms. The fraction of sp³-hybridized carbons (Fsp3) is 0.345. The van der Waals surface area contributed by atoms with Gasteiger partial charge in [0.05, 0.1) is 11.7 Å². The first kappa shape index (κ1) is 23.7. The number of benzene rings is 3. The predicted octanol–water partition coefficient (Wildman–Crippen LogP) is 4.82. The summed E-state index contributed by atoms with van der Waals surface area (Å²) in [4.78, 5) is 15.2. The molecule has 3 aromatic rings. The highest BCUT2D eigenvalue weighted by molar-refractivity contribution is 5.95. The molecule has 2 atom stereocenters. The molecule has 2 N–H and O–H groups in total. The number of carbonyl (C=O) groups excluding carboxylic acids is 1. The number of hydrogen-bond donors (Lipinski definition) is 2. The number of rotatable bonds is 6. The van der Waals surface area contributed by atoms with Gasteiger partial charge in [0.25, 0.3) is 5.91 Å². The molecule has 5 nitrogen and oxygen atoms in total. The summed E-state index contributed by atoms with van der Waals surface area (Å²) in [6, 6.07) is 23.8. The van der Waals surface area contributed by atoms with E-state index in [1.165, 1.54) is 27.9 Å². The maximum atomic E-state index is 12.7. The highest BCUT2D eigenvalue weighted by Gasteiger charge is 2.32. The number of piperazine rings is 1. The SMILES string of the molecule is Cl.O=C(NCCCCC1CN2c3ccccc3OCC2CN1)c1ccc2c(c1)Cc1ccccc1-2. The zero-order valence-corrected chi connectivity index (χ0v) is 20.7. The van der Waals surface area contributed by atoms with Crippen molar-refractivity contribution in [3.63, 3.8) is 0 Å². The molecule has 6 rings (SSSR count). The number of anilines is 1. The highest BCUT2D eigenvalue weighted by Crippen LogP contribution is 2.37. The largest absolute Gasteiger partial charge is 0.489 e. The van der Waals surface area contributed by atoms with Crippen molar-refractivity contribution in [3.8, 4) is 16.9 Å². The molecule has 2 unspecified atom stereocenters. The van der Waals surface area contributed by atoms with Gasteiger partial charge in [-0.25, -0.2) is 0 Å². The van der Waals surface area contributed by atoms with Crippen molar-refractivity contribution >= 4 is 24.0 Å². The van der Waals surface area contributed by atoms with Crippen LogP contribution in [0.2, 0.25) is 0 Å². The van der Waals surface area contributed by atoms with Crippen molar-refractivity contribution in [3.05, 3.63) is 83.4 Å². The van der Waals surface area contributed by atoms with E-state index >= 15 is 0 Å². The van der Waals surface area contributed by atoms with Crippen LogP contribution in [0.3, 0.4) is 0 Å². The Labute approximate surface area is 213 Å². The summed E-state index contributed by atoms with van der Waals surface area (Å²) in [5, 5.41) is 6.82. The lowest BCUT2D eigenvalue weighted by atomic mass is 10.0. The first-order valence-electron chi connectivity index (χ1n) is 12.5. The van der Waals surface area contributed by atoms with Crippen LogP contribution in [0.25, 0.3) is 11.1 Å². The third-order valence-electron chi connectivity index (χ3n) is 7.43. The molecule has 1 amide bonds. The molecule has 0 bridgehead atoms. The van der Waals surface area contributed by atoms with Crippen molar-refractivity contribution in [2.75, 3.05) is 31.1 Å².